The summed E-state index contributed by atoms with van der Waals surface area (Å²) in [6, 6.07) is 9.86. The van der Waals surface area contributed by atoms with Crippen LogP contribution in [0.4, 0.5) is 13.9 Å². The molecule has 3 rings (SSSR count). The van der Waals surface area contributed by atoms with Gasteiger partial charge in [-0.15, -0.1) is 11.3 Å². The molecule has 116 valence electrons. The molecule has 2 aromatic carbocycles. The molecule has 0 spiro atoms. The third-order valence-corrected chi connectivity index (χ3v) is 4.14. The lowest BCUT2D eigenvalue weighted by molar-refractivity contribution is 0.102. The largest absolute Gasteiger partial charge is 0.298 e. The minimum atomic E-state index is -0.709. The van der Waals surface area contributed by atoms with Gasteiger partial charge in [-0.05, 0) is 24.3 Å². The Kier molecular flexibility index (Phi) is 4.36. The SMILES string of the molecule is O=C(Nc1nc(-c2ccc(F)cc2F)cs1)c1ccccc1Cl. The maximum Gasteiger partial charge on any atom is 0.258 e. The number of anilines is 1. The molecule has 3 nitrogen and oxygen atoms in total. The Balaban J connectivity index is 1.82. The van der Waals surface area contributed by atoms with Crippen molar-refractivity contribution in [3.8, 4) is 11.3 Å². The second-order valence-electron chi connectivity index (χ2n) is 4.60. The van der Waals surface area contributed by atoms with Crippen LogP contribution in [-0.2, 0) is 0 Å². The van der Waals surface area contributed by atoms with Gasteiger partial charge in [0.15, 0.2) is 5.13 Å². The van der Waals surface area contributed by atoms with Gasteiger partial charge in [0.25, 0.3) is 5.91 Å². The fourth-order valence-electron chi connectivity index (χ4n) is 1.96. The number of carbonyl (C=O) groups is 1. The molecule has 0 saturated heterocycles. The summed E-state index contributed by atoms with van der Waals surface area (Å²) >= 11 is 7.10. The molecule has 0 unspecified atom stereocenters. The summed E-state index contributed by atoms with van der Waals surface area (Å²) in [4.78, 5) is 16.3. The predicted octanol–water partition coefficient (Wildman–Crippen LogP) is 4.99. The zero-order valence-electron chi connectivity index (χ0n) is 11.5. The van der Waals surface area contributed by atoms with Crippen molar-refractivity contribution >= 4 is 34.0 Å². The molecule has 0 atom stereocenters. The minimum absolute atomic E-state index is 0.167. The van der Waals surface area contributed by atoms with Crippen molar-refractivity contribution in [2.24, 2.45) is 0 Å². The molecule has 3 aromatic rings. The molecule has 1 aromatic heterocycles. The fourth-order valence-corrected chi connectivity index (χ4v) is 2.89. The zero-order valence-corrected chi connectivity index (χ0v) is 13.1. The van der Waals surface area contributed by atoms with Crippen molar-refractivity contribution in [1.82, 2.24) is 4.98 Å². The van der Waals surface area contributed by atoms with Gasteiger partial charge in [-0.25, -0.2) is 13.8 Å². The summed E-state index contributed by atoms with van der Waals surface area (Å²) in [6.07, 6.45) is 0. The average Bonchev–Trinajstić information content (AvgIpc) is 2.95. The van der Waals surface area contributed by atoms with E-state index in [-0.39, 0.29) is 5.56 Å². The number of aromatic nitrogens is 1. The lowest BCUT2D eigenvalue weighted by atomic mass is 10.1. The van der Waals surface area contributed by atoms with Crippen molar-refractivity contribution in [3.05, 3.63) is 70.1 Å². The van der Waals surface area contributed by atoms with Gasteiger partial charge in [0, 0.05) is 17.0 Å². The first kappa shape index (κ1) is 15.6. The zero-order chi connectivity index (χ0) is 16.4. The standard InChI is InChI=1S/C16H9ClF2N2OS/c17-12-4-2-1-3-10(12)15(22)21-16-20-14(8-23-16)11-6-5-9(18)7-13(11)19/h1-8H,(H,20,21,22). The lowest BCUT2D eigenvalue weighted by Crippen LogP contribution is -2.12. The Morgan fingerprint density at radius 2 is 1.96 bits per heavy atom. The lowest BCUT2D eigenvalue weighted by Gasteiger charge is -2.03. The fraction of sp³-hybridized carbons (Fsp3) is 0. The molecule has 7 heteroatoms. The van der Waals surface area contributed by atoms with Crippen molar-refractivity contribution < 1.29 is 13.6 Å². The number of nitrogens with zero attached hydrogens (tertiary/aromatic N) is 1. The average molecular weight is 351 g/mol. The van der Waals surface area contributed by atoms with Crippen molar-refractivity contribution in [3.63, 3.8) is 0 Å². The van der Waals surface area contributed by atoms with E-state index in [0.29, 0.717) is 21.4 Å². The van der Waals surface area contributed by atoms with Gasteiger partial charge in [-0.1, -0.05) is 23.7 Å². The quantitative estimate of drug-likeness (QED) is 0.722. The Morgan fingerprint density at radius 1 is 1.17 bits per heavy atom. The second-order valence-corrected chi connectivity index (χ2v) is 5.86. The van der Waals surface area contributed by atoms with Crippen LogP contribution in [0.2, 0.25) is 5.02 Å². The molecule has 0 aliphatic rings. The first-order chi connectivity index (χ1) is 11.0. The normalized spacial score (nSPS) is 10.6. The Hall–Kier alpha value is -2.31. The Bertz CT molecular complexity index is 882. The minimum Gasteiger partial charge on any atom is -0.298 e. The van der Waals surface area contributed by atoms with E-state index in [2.05, 4.69) is 10.3 Å². The van der Waals surface area contributed by atoms with Crippen LogP contribution in [-0.4, -0.2) is 10.9 Å². The van der Waals surface area contributed by atoms with E-state index in [0.717, 1.165) is 23.5 Å². The van der Waals surface area contributed by atoms with Gasteiger partial charge in [-0.2, -0.15) is 0 Å². The smallest absolute Gasteiger partial charge is 0.258 e. The highest BCUT2D eigenvalue weighted by Crippen LogP contribution is 2.28. The van der Waals surface area contributed by atoms with Crippen LogP contribution in [0.1, 0.15) is 10.4 Å². The van der Waals surface area contributed by atoms with E-state index >= 15 is 0 Å². The van der Waals surface area contributed by atoms with E-state index in [4.69, 9.17) is 11.6 Å². The number of rotatable bonds is 3. The van der Waals surface area contributed by atoms with E-state index < -0.39 is 17.5 Å². The van der Waals surface area contributed by atoms with Crippen LogP contribution >= 0.6 is 22.9 Å². The molecular weight excluding hydrogens is 342 g/mol. The monoisotopic (exact) mass is 350 g/mol. The van der Waals surface area contributed by atoms with E-state index in [1.54, 1.807) is 29.6 Å². The van der Waals surface area contributed by atoms with Crippen LogP contribution in [0.5, 0.6) is 0 Å². The molecule has 1 N–H and O–H groups in total. The number of carbonyl (C=O) groups excluding carboxylic acids is 1. The summed E-state index contributed by atoms with van der Waals surface area (Å²) < 4.78 is 26.7. The Labute approximate surface area is 139 Å². The molecule has 0 bridgehead atoms. The van der Waals surface area contributed by atoms with E-state index in [1.165, 1.54) is 6.07 Å². The highest BCUT2D eigenvalue weighted by Gasteiger charge is 2.14. The molecule has 0 saturated carbocycles. The third kappa shape index (κ3) is 3.38. The van der Waals surface area contributed by atoms with Crippen molar-refractivity contribution in [1.29, 1.82) is 0 Å². The number of thiazole rings is 1. The van der Waals surface area contributed by atoms with Crippen LogP contribution in [0.3, 0.4) is 0 Å². The number of hydrogen-bond acceptors (Lipinski definition) is 3. The predicted molar refractivity (Wildman–Crippen MR) is 86.9 cm³/mol. The summed E-state index contributed by atoms with van der Waals surface area (Å²) in [5.41, 5.74) is 0.807. The number of benzene rings is 2. The highest BCUT2D eigenvalue weighted by atomic mass is 35.5. The molecule has 1 amide bonds. The third-order valence-electron chi connectivity index (χ3n) is 3.05. The number of amides is 1. The van der Waals surface area contributed by atoms with Gasteiger partial charge in [0.1, 0.15) is 11.6 Å². The van der Waals surface area contributed by atoms with E-state index in [1.807, 2.05) is 0 Å². The number of hydrogen-bond donors (Lipinski definition) is 1. The van der Waals surface area contributed by atoms with Crippen molar-refractivity contribution in [2.75, 3.05) is 5.32 Å². The topological polar surface area (TPSA) is 42.0 Å². The van der Waals surface area contributed by atoms with E-state index in [9.17, 15) is 13.6 Å². The summed E-state index contributed by atoms with van der Waals surface area (Å²) in [7, 11) is 0. The van der Waals surface area contributed by atoms with Gasteiger partial charge in [0.05, 0.1) is 16.3 Å². The van der Waals surface area contributed by atoms with Crippen LogP contribution in [0.25, 0.3) is 11.3 Å². The maximum atomic E-state index is 13.7. The summed E-state index contributed by atoms with van der Waals surface area (Å²) in [6.45, 7) is 0. The molecule has 1 heterocycles. The van der Waals surface area contributed by atoms with Crippen LogP contribution < -0.4 is 5.32 Å². The number of nitrogens with one attached hydrogen (secondary N) is 1. The van der Waals surface area contributed by atoms with Crippen LogP contribution in [0.15, 0.2) is 47.8 Å². The molecule has 0 fully saturated rings. The molecule has 0 aliphatic heterocycles. The van der Waals surface area contributed by atoms with Crippen LogP contribution in [0, 0.1) is 11.6 Å². The summed E-state index contributed by atoms with van der Waals surface area (Å²) in [5, 5.41) is 4.81. The van der Waals surface area contributed by atoms with Gasteiger partial charge in [-0.3, -0.25) is 10.1 Å². The molecular formula is C16H9ClF2N2OS. The summed E-state index contributed by atoms with van der Waals surface area (Å²) in [5.74, 6) is -1.77. The molecule has 0 aliphatic carbocycles. The molecule has 0 radical (unpaired) electrons. The van der Waals surface area contributed by atoms with Gasteiger partial charge in [0.2, 0.25) is 0 Å². The van der Waals surface area contributed by atoms with Gasteiger partial charge >= 0.3 is 0 Å². The molecule has 23 heavy (non-hydrogen) atoms. The van der Waals surface area contributed by atoms with Crippen molar-refractivity contribution in [2.45, 2.75) is 0 Å². The first-order valence-electron chi connectivity index (χ1n) is 6.51. The number of halogens is 3. The Morgan fingerprint density at radius 3 is 2.70 bits per heavy atom. The maximum absolute atomic E-state index is 13.7. The first-order valence-corrected chi connectivity index (χ1v) is 7.77. The van der Waals surface area contributed by atoms with Gasteiger partial charge < -0.3 is 0 Å². The second kappa shape index (κ2) is 6.44. The highest BCUT2D eigenvalue weighted by molar-refractivity contribution is 7.14.